The highest BCUT2D eigenvalue weighted by Gasteiger charge is 2.34. The predicted octanol–water partition coefficient (Wildman–Crippen LogP) is 2.63. The Morgan fingerprint density at radius 2 is 1.89 bits per heavy atom. The van der Waals surface area contributed by atoms with E-state index in [2.05, 4.69) is 16.7 Å². The van der Waals surface area contributed by atoms with Gasteiger partial charge in [0.05, 0.1) is 0 Å². The van der Waals surface area contributed by atoms with Crippen LogP contribution in [0, 0.1) is 11.6 Å². The minimum Gasteiger partial charge on any atom is -0.298 e. The zero-order valence-electron chi connectivity index (χ0n) is 11.3. The van der Waals surface area contributed by atoms with Crippen molar-refractivity contribution in [3.05, 3.63) is 35.4 Å². The van der Waals surface area contributed by atoms with Gasteiger partial charge < -0.3 is 0 Å². The molecule has 2 nitrogen and oxygen atoms in total. The van der Waals surface area contributed by atoms with Crippen molar-refractivity contribution in [1.29, 1.82) is 0 Å². The zero-order valence-corrected chi connectivity index (χ0v) is 11.3. The van der Waals surface area contributed by atoms with Crippen LogP contribution in [0.25, 0.3) is 0 Å². The Kier molecular flexibility index (Phi) is 3.54. The summed E-state index contributed by atoms with van der Waals surface area (Å²) in [6.45, 7) is 6.13. The van der Waals surface area contributed by atoms with Gasteiger partial charge in [-0.25, -0.2) is 8.78 Å². The van der Waals surface area contributed by atoms with E-state index in [-0.39, 0.29) is 0 Å². The summed E-state index contributed by atoms with van der Waals surface area (Å²) >= 11 is 0. The van der Waals surface area contributed by atoms with Crippen LogP contribution in [-0.2, 0) is 6.54 Å². The second-order valence-electron chi connectivity index (χ2n) is 5.85. The molecule has 0 aliphatic carbocycles. The smallest absolute Gasteiger partial charge is 0.126 e. The van der Waals surface area contributed by atoms with E-state index < -0.39 is 11.6 Å². The summed E-state index contributed by atoms with van der Waals surface area (Å²) < 4.78 is 26.5. The second-order valence-corrected chi connectivity index (χ2v) is 5.85. The lowest BCUT2D eigenvalue weighted by Crippen LogP contribution is -2.54. The van der Waals surface area contributed by atoms with Gasteiger partial charge in [-0.15, -0.1) is 0 Å². The Morgan fingerprint density at radius 3 is 2.63 bits per heavy atom. The summed E-state index contributed by atoms with van der Waals surface area (Å²) in [6.07, 6.45) is 2.53. The second kappa shape index (κ2) is 5.17. The third kappa shape index (κ3) is 2.79. The number of halogens is 2. The van der Waals surface area contributed by atoms with Crippen molar-refractivity contribution in [2.45, 2.75) is 38.4 Å². The fourth-order valence-corrected chi connectivity index (χ4v) is 3.40. The molecule has 2 aliphatic rings. The van der Waals surface area contributed by atoms with Crippen molar-refractivity contribution >= 4 is 0 Å². The number of nitrogens with zero attached hydrogens (tertiary/aromatic N) is 2. The molecule has 2 fully saturated rings. The third-order valence-corrected chi connectivity index (χ3v) is 4.37. The van der Waals surface area contributed by atoms with E-state index in [4.69, 9.17) is 0 Å². The summed E-state index contributed by atoms with van der Waals surface area (Å²) in [7, 11) is 0. The lowest BCUT2D eigenvalue weighted by Gasteiger charge is -2.42. The Morgan fingerprint density at radius 1 is 1.16 bits per heavy atom. The number of hydrogen-bond donors (Lipinski definition) is 0. The number of fused-ring (bicyclic) bond motifs is 1. The van der Waals surface area contributed by atoms with Crippen molar-refractivity contribution < 1.29 is 8.78 Å². The molecule has 19 heavy (non-hydrogen) atoms. The molecular formula is C15H20F2N2. The van der Waals surface area contributed by atoms with Gasteiger partial charge in [0.25, 0.3) is 0 Å². The van der Waals surface area contributed by atoms with Crippen LogP contribution in [0.4, 0.5) is 8.78 Å². The molecule has 2 heterocycles. The first-order valence-corrected chi connectivity index (χ1v) is 7.05. The van der Waals surface area contributed by atoms with E-state index >= 15 is 0 Å². The van der Waals surface area contributed by atoms with Gasteiger partial charge in [0.15, 0.2) is 0 Å². The van der Waals surface area contributed by atoms with Crippen LogP contribution in [0.1, 0.15) is 25.3 Å². The summed E-state index contributed by atoms with van der Waals surface area (Å²) in [4.78, 5) is 4.90. The first kappa shape index (κ1) is 13.0. The molecule has 0 aromatic heterocycles. The Bertz CT molecular complexity index is 443. The van der Waals surface area contributed by atoms with Crippen LogP contribution in [0.5, 0.6) is 0 Å². The molecule has 2 aliphatic heterocycles. The minimum atomic E-state index is -0.484. The average Bonchev–Trinajstić information content (AvgIpc) is 2.75. The third-order valence-electron chi connectivity index (χ3n) is 4.37. The van der Waals surface area contributed by atoms with Gasteiger partial charge in [0.2, 0.25) is 0 Å². The number of rotatable bonds is 2. The molecule has 0 saturated carbocycles. The number of benzene rings is 1. The molecule has 2 saturated heterocycles. The maximum Gasteiger partial charge on any atom is 0.126 e. The molecule has 1 aromatic carbocycles. The van der Waals surface area contributed by atoms with Gasteiger partial charge >= 0.3 is 0 Å². The monoisotopic (exact) mass is 266 g/mol. The van der Waals surface area contributed by atoms with Gasteiger partial charge in [-0.1, -0.05) is 0 Å². The highest BCUT2D eigenvalue weighted by Crippen LogP contribution is 2.25. The van der Waals surface area contributed by atoms with E-state index in [9.17, 15) is 8.78 Å². The van der Waals surface area contributed by atoms with Crippen molar-refractivity contribution in [2.24, 2.45) is 0 Å². The predicted molar refractivity (Wildman–Crippen MR) is 70.8 cm³/mol. The van der Waals surface area contributed by atoms with E-state index in [0.29, 0.717) is 18.6 Å². The zero-order chi connectivity index (χ0) is 13.4. The molecule has 104 valence electrons. The van der Waals surface area contributed by atoms with Crippen LogP contribution in [-0.4, -0.2) is 41.5 Å². The first-order valence-electron chi connectivity index (χ1n) is 7.05. The number of hydrogen-bond acceptors (Lipinski definition) is 2. The number of piperazine rings is 1. The molecular weight excluding hydrogens is 246 g/mol. The van der Waals surface area contributed by atoms with Gasteiger partial charge in [-0.2, -0.15) is 0 Å². The highest BCUT2D eigenvalue weighted by atomic mass is 19.1. The highest BCUT2D eigenvalue weighted by molar-refractivity contribution is 5.18. The van der Waals surface area contributed by atoms with Gasteiger partial charge in [-0.3, -0.25) is 9.80 Å². The molecule has 0 radical (unpaired) electrons. The van der Waals surface area contributed by atoms with E-state index in [1.54, 1.807) is 0 Å². The van der Waals surface area contributed by atoms with Crippen LogP contribution in [0.3, 0.4) is 0 Å². The fourth-order valence-electron chi connectivity index (χ4n) is 3.40. The van der Waals surface area contributed by atoms with Crippen LogP contribution < -0.4 is 0 Å². The SMILES string of the molecule is C[C@@H]1CN2CCC[C@@H]2CN1Cc1cc(F)cc(F)c1. The lowest BCUT2D eigenvalue weighted by molar-refractivity contribution is 0.0539. The van der Waals surface area contributed by atoms with Crippen LogP contribution in [0.2, 0.25) is 0 Å². The Hall–Kier alpha value is -1.00. The lowest BCUT2D eigenvalue weighted by atomic mass is 10.1. The van der Waals surface area contributed by atoms with Crippen molar-refractivity contribution in [3.8, 4) is 0 Å². The van der Waals surface area contributed by atoms with Crippen molar-refractivity contribution in [1.82, 2.24) is 9.80 Å². The largest absolute Gasteiger partial charge is 0.298 e. The summed E-state index contributed by atoms with van der Waals surface area (Å²) in [5.74, 6) is -0.968. The average molecular weight is 266 g/mol. The van der Waals surface area contributed by atoms with E-state index in [1.807, 2.05) is 0 Å². The maximum atomic E-state index is 13.2. The molecule has 0 N–H and O–H groups in total. The Balaban J connectivity index is 1.71. The Labute approximate surface area is 113 Å². The molecule has 3 rings (SSSR count). The van der Waals surface area contributed by atoms with Gasteiger partial charge in [-0.05, 0) is 44.0 Å². The fraction of sp³-hybridized carbons (Fsp3) is 0.600. The molecule has 1 aromatic rings. The van der Waals surface area contributed by atoms with Crippen LogP contribution >= 0.6 is 0 Å². The molecule has 4 heteroatoms. The first-order chi connectivity index (χ1) is 9.11. The molecule has 2 atom stereocenters. The molecule has 0 unspecified atom stereocenters. The summed E-state index contributed by atoms with van der Waals surface area (Å²) in [5.41, 5.74) is 0.732. The van der Waals surface area contributed by atoms with E-state index in [0.717, 1.165) is 24.7 Å². The molecule has 0 bridgehead atoms. The van der Waals surface area contributed by atoms with Crippen molar-refractivity contribution in [2.75, 3.05) is 19.6 Å². The summed E-state index contributed by atoms with van der Waals surface area (Å²) in [5, 5.41) is 0. The summed E-state index contributed by atoms with van der Waals surface area (Å²) in [6, 6.07) is 4.89. The van der Waals surface area contributed by atoms with Gasteiger partial charge in [0, 0.05) is 37.8 Å². The maximum absolute atomic E-state index is 13.2. The normalized spacial score (nSPS) is 28.6. The van der Waals surface area contributed by atoms with Gasteiger partial charge in [0.1, 0.15) is 11.6 Å². The molecule has 0 spiro atoms. The van der Waals surface area contributed by atoms with Crippen LogP contribution in [0.15, 0.2) is 18.2 Å². The minimum absolute atomic E-state index is 0.445. The van der Waals surface area contributed by atoms with E-state index in [1.165, 1.54) is 31.5 Å². The standard InChI is InChI=1S/C15H20F2N2/c1-11-8-18-4-2-3-15(18)10-19(11)9-12-5-13(16)7-14(17)6-12/h5-7,11,15H,2-4,8-10H2,1H3/t11-,15-/m1/s1. The van der Waals surface area contributed by atoms with Crippen molar-refractivity contribution in [3.63, 3.8) is 0 Å². The topological polar surface area (TPSA) is 6.48 Å². The molecule has 0 amide bonds. The quantitative estimate of drug-likeness (QED) is 0.812.